The summed E-state index contributed by atoms with van der Waals surface area (Å²) in [5.41, 5.74) is 5.26. The van der Waals surface area contributed by atoms with Gasteiger partial charge in [0.2, 0.25) is 5.91 Å². The Balaban J connectivity index is 2.46. The van der Waals surface area contributed by atoms with Crippen molar-refractivity contribution < 1.29 is 4.79 Å². The molecule has 1 aliphatic heterocycles. The second-order valence-electron chi connectivity index (χ2n) is 3.93. The third-order valence-electron chi connectivity index (χ3n) is 2.64. The van der Waals surface area contributed by atoms with E-state index < -0.39 is 0 Å². The third kappa shape index (κ3) is 2.21. The van der Waals surface area contributed by atoms with Crippen LogP contribution in [0.3, 0.4) is 0 Å². The molecule has 0 radical (unpaired) electrons. The van der Waals surface area contributed by atoms with Gasteiger partial charge in [0.15, 0.2) is 0 Å². The highest BCUT2D eigenvalue weighted by Crippen LogP contribution is 2.20. The van der Waals surface area contributed by atoms with Gasteiger partial charge in [-0.1, -0.05) is 13.8 Å². The summed E-state index contributed by atoms with van der Waals surface area (Å²) in [6.07, 6.45) is 1.81. The minimum Gasteiger partial charge on any atom is -0.369 e. The van der Waals surface area contributed by atoms with Crippen molar-refractivity contribution in [2.24, 2.45) is 17.6 Å². The summed E-state index contributed by atoms with van der Waals surface area (Å²) in [7, 11) is 0. The number of hydrogen-bond donors (Lipinski definition) is 2. The van der Waals surface area contributed by atoms with Gasteiger partial charge in [-0.15, -0.1) is 0 Å². The zero-order valence-electron chi connectivity index (χ0n) is 7.84. The molecule has 70 valence electrons. The second-order valence-corrected chi connectivity index (χ2v) is 3.93. The van der Waals surface area contributed by atoms with Crippen LogP contribution in [0.5, 0.6) is 0 Å². The monoisotopic (exact) mass is 170 g/mol. The molecular weight excluding hydrogens is 152 g/mol. The molecule has 0 aromatic carbocycles. The van der Waals surface area contributed by atoms with Crippen molar-refractivity contribution in [1.29, 1.82) is 0 Å². The van der Waals surface area contributed by atoms with E-state index in [4.69, 9.17) is 5.73 Å². The summed E-state index contributed by atoms with van der Waals surface area (Å²) in [6.45, 7) is 5.26. The molecule has 1 aliphatic rings. The Bertz CT molecular complexity index is 168. The summed E-state index contributed by atoms with van der Waals surface area (Å²) in [5, 5.41) is 3.40. The van der Waals surface area contributed by atoms with Crippen LogP contribution in [0.4, 0.5) is 0 Å². The molecule has 1 rings (SSSR count). The minimum atomic E-state index is -0.137. The molecule has 1 amide bonds. The van der Waals surface area contributed by atoms with Crippen LogP contribution in [0.2, 0.25) is 0 Å². The zero-order chi connectivity index (χ0) is 9.14. The first kappa shape index (κ1) is 9.52. The maximum Gasteiger partial charge on any atom is 0.220 e. The summed E-state index contributed by atoms with van der Waals surface area (Å²) in [4.78, 5) is 10.9. The van der Waals surface area contributed by atoms with Crippen LogP contribution < -0.4 is 11.1 Å². The lowest BCUT2D eigenvalue weighted by Gasteiger charge is -2.31. The summed E-state index contributed by atoms with van der Waals surface area (Å²) >= 11 is 0. The van der Waals surface area contributed by atoms with Crippen molar-refractivity contribution in [3.63, 3.8) is 0 Å². The van der Waals surface area contributed by atoms with Gasteiger partial charge in [0.25, 0.3) is 0 Å². The number of primary amides is 1. The lowest BCUT2D eigenvalue weighted by molar-refractivity contribution is -0.122. The van der Waals surface area contributed by atoms with E-state index in [2.05, 4.69) is 19.2 Å². The number of nitrogens with one attached hydrogen (secondary N) is 1. The van der Waals surface area contributed by atoms with Gasteiger partial charge in [0, 0.05) is 12.0 Å². The largest absolute Gasteiger partial charge is 0.369 e. The molecule has 0 spiro atoms. The molecule has 3 N–H and O–H groups in total. The minimum absolute atomic E-state index is 0.0960. The van der Waals surface area contributed by atoms with E-state index in [1.54, 1.807) is 0 Å². The molecule has 12 heavy (non-hydrogen) atoms. The van der Waals surface area contributed by atoms with Crippen LogP contribution in [0.25, 0.3) is 0 Å². The summed E-state index contributed by atoms with van der Waals surface area (Å²) in [5.74, 6) is 0.549. The molecular formula is C9H18N2O. The number of rotatable bonds is 2. The molecule has 2 atom stereocenters. The first-order chi connectivity index (χ1) is 5.61. The Morgan fingerprint density at radius 3 is 2.75 bits per heavy atom. The fourth-order valence-corrected chi connectivity index (χ4v) is 1.72. The predicted molar refractivity (Wildman–Crippen MR) is 48.5 cm³/mol. The summed E-state index contributed by atoms with van der Waals surface area (Å²) < 4.78 is 0. The normalized spacial score (nSPS) is 30.6. The van der Waals surface area contributed by atoms with Crippen molar-refractivity contribution in [1.82, 2.24) is 5.32 Å². The maximum absolute atomic E-state index is 10.9. The fraction of sp³-hybridized carbons (Fsp3) is 0.889. The van der Waals surface area contributed by atoms with Crippen LogP contribution in [-0.2, 0) is 4.79 Å². The SMILES string of the molecule is CC(C)C1CC(C(N)=O)CCN1. The molecule has 1 heterocycles. The number of hydrogen-bond acceptors (Lipinski definition) is 2. The Morgan fingerprint density at radius 2 is 2.25 bits per heavy atom. The second kappa shape index (κ2) is 3.90. The van der Waals surface area contributed by atoms with Gasteiger partial charge in [-0.25, -0.2) is 0 Å². The van der Waals surface area contributed by atoms with Crippen LogP contribution in [0, 0.1) is 11.8 Å². The van der Waals surface area contributed by atoms with E-state index in [1.807, 2.05) is 0 Å². The lowest BCUT2D eigenvalue weighted by Crippen LogP contribution is -2.44. The smallest absolute Gasteiger partial charge is 0.220 e. The van der Waals surface area contributed by atoms with Crippen molar-refractivity contribution in [3.05, 3.63) is 0 Å². The average molecular weight is 170 g/mol. The maximum atomic E-state index is 10.9. The Labute approximate surface area is 73.7 Å². The van der Waals surface area contributed by atoms with E-state index >= 15 is 0 Å². The molecule has 1 fully saturated rings. The summed E-state index contributed by atoms with van der Waals surface area (Å²) in [6, 6.07) is 0.469. The van der Waals surface area contributed by atoms with Crippen LogP contribution in [-0.4, -0.2) is 18.5 Å². The molecule has 3 heteroatoms. The highest BCUT2D eigenvalue weighted by Gasteiger charge is 2.26. The van der Waals surface area contributed by atoms with E-state index in [9.17, 15) is 4.79 Å². The zero-order valence-corrected chi connectivity index (χ0v) is 7.84. The Hall–Kier alpha value is -0.570. The van der Waals surface area contributed by atoms with Gasteiger partial charge >= 0.3 is 0 Å². The van der Waals surface area contributed by atoms with Gasteiger partial charge in [-0.2, -0.15) is 0 Å². The molecule has 0 aromatic heterocycles. The fourth-order valence-electron chi connectivity index (χ4n) is 1.72. The Morgan fingerprint density at radius 1 is 1.58 bits per heavy atom. The lowest BCUT2D eigenvalue weighted by atomic mass is 9.87. The molecule has 0 saturated carbocycles. The van der Waals surface area contributed by atoms with Gasteiger partial charge < -0.3 is 11.1 Å². The average Bonchev–Trinajstić information content (AvgIpc) is 2.04. The quantitative estimate of drug-likeness (QED) is 0.634. The predicted octanol–water partition coefficient (Wildman–Crippen LogP) is 0.496. The molecule has 0 aromatic rings. The van der Waals surface area contributed by atoms with Crippen molar-refractivity contribution in [3.8, 4) is 0 Å². The number of carbonyl (C=O) groups excluding carboxylic acids is 1. The van der Waals surface area contributed by atoms with E-state index in [1.165, 1.54) is 0 Å². The van der Waals surface area contributed by atoms with Crippen molar-refractivity contribution in [2.75, 3.05) is 6.54 Å². The van der Waals surface area contributed by atoms with Gasteiger partial charge in [0.1, 0.15) is 0 Å². The standard InChI is InChI=1S/C9H18N2O/c1-6(2)8-5-7(9(10)12)3-4-11-8/h6-8,11H,3-5H2,1-2H3,(H2,10,12). The van der Waals surface area contributed by atoms with E-state index in [0.717, 1.165) is 19.4 Å². The first-order valence-corrected chi connectivity index (χ1v) is 4.64. The van der Waals surface area contributed by atoms with E-state index in [-0.39, 0.29) is 11.8 Å². The van der Waals surface area contributed by atoms with Crippen LogP contribution >= 0.6 is 0 Å². The van der Waals surface area contributed by atoms with Crippen molar-refractivity contribution >= 4 is 5.91 Å². The van der Waals surface area contributed by atoms with Gasteiger partial charge in [-0.05, 0) is 25.3 Å². The number of carbonyl (C=O) groups is 1. The highest BCUT2D eigenvalue weighted by atomic mass is 16.1. The van der Waals surface area contributed by atoms with Gasteiger partial charge in [0.05, 0.1) is 0 Å². The van der Waals surface area contributed by atoms with E-state index in [0.29, 0.717) is 12.0 Å². The third-order valence-corrected chi connectivity index (χ3v) is 2.64. The molecule has 3 nitrogen and oxygen atoms in total. The van der Waals surface area contributed by atoms with Crippen LogP contribution in [0.1, 0.15) is 26.7 Å². The Kier molecular flexibility index (Phi) is 3.09. The molecule has 0 bridgehead atoms. The van der Waals surface area contributed by atoms with Crippen molar-refractivity contribution in [2.45, 2.75) is 32.7 Å². The molecule has 2 unspecified atom stereocenters. The molecule has 0 aliphatic carbocycles. The molecule has 1 saturated heterocycles. The highest BCUT2D eigenvalue weighted by molar-refractivity contribution is 5.76. The number of amides is 1. The number of piperidine rings is 1. The van der Waals surface area contributed by atoms with Crippen LogP contribution in [0.15, 0.2) is 0 Å². The van der Waals surface area contributed by atoms with Gasteiger partial charge in [-0.3, -0.25) is 4.79 Å². The first-order valence-electron chi connectivity index (χ1n) is 4.64. The number of nitrogens with two attached hydrogens (primary N) is 1. The topological polar surface area (TPSA) is 55.1 Å².